The number of halogens is 1. The molecule has 0 aliphatic heterocycles. The largest absolute Gasteiger partial charge is 0.489 e. The molecular formula is C11H14FNO. The first-order valence-corrected chi connectivity index (χ1v) is 4.44. The third-order valence-electron chi connectivity index (χ3n) is 1.83. The molecule has 0 saturated carbocycles. The summed E-state index contributed by atoms with van der Waals surface area (Å²) in [5.74, 6) is 0.161. The van der Waals surface area contributed by atoms with E-state index in [-0.39, 0.29) is 11.9 Å². The van der Waals surface area contributed by atoms with E-state index in [9.17, 15) is 4.39 Å². The van der Waals surface area contributed by atoms with Crippen LogP contribution in [0.2, 0.25) is 0 Å². The number of ether oxygens (including phenoxy) is 1. The van der Waals surface area contributed by atoms with Gasteiger partial charge in [0, 0.05) is 17.7 Å². The first-order chi connectivity index (χ1) is 6.65. The summed E-state index contributed by atoms with van der Waals surface area (Å²) in [7, 11) is 0. The first kappa shape index (κ1) is 10.7. The molecule has 1 rings (SSSR count). The van der Waals surface area contributed by atoms with Crippen LogP contribution in [-0.4, -0.2) is 6.61 Å². The van der Waals surface area contributed by atoms with Gasteiger partial charge in [0.15, 0.2) is 0 Å². The van der Waals surface area contributed by atoms with Crippen LogP contribution in [0.25, 0.3) is 0 Å². The van der Waals surface area contributed by atoms with E-state index in [1.54, 1.807) is 25.1 Å². The van der Waals surface area contributed by atoms with Crippen LogP contribution in [-0.2, 0) is 0 Å². The number of nitrogens with two attached hydrogens (primary N) is 1. The molecule has 14 heavy (non-hydrogen) atoms. The molecule has 0 saturated heterocycles. The van der Waals surface area contributed by atoms with Crippen molar-refractivity contribution in [2.24, 2.45) is 5.73 Å². The molecule has 0 aromatic heterocycles. The molecule has 0 spiro atoms. The van der Waals surface area contributed by atoms with Crippen LogP contribution in [0.15, 0.2) is 30.9 Å². The van der Waals surface area contributed by atoms with Gasteiger partial charge in [0.25, 0.3) is 0 Å². The number of hydrogen-bond donors (Lipinski definition) is 1. The van der Waals surface area contributed by atoms with Crippen LogP contribution in [0.4, 0.5) is 4.39 Å². The van der Waals surface area contributed by atoms with Crippen LogP contribution in [0.5, 0.6) is 5.75 Å². The van der Waals surface area contributed by atoms with Gasteiger partial charge >= 0.3 is 0 Å². The zero-order chi connectivity index (χ0) is 10.6. The highest BCUT2D eigenvalue weighted by atomic mass is 19.1. The summed E-state index contributed by atoms with van der Waals surface area (Å²) in [6.45, 7) is 5.62. The van der Waals surface area contributed by atoms with Crippen molar-refractivity contribution in [1.29, 1.82) is 0 Å². The molecule has 2 nitrogen and oxygen atoms in total. The van der Waals surface area contributed by atoms with Crippen molar-refractivity contribution >= 4 is 0 Å². The summed E-state index contributed by atoms with van der Waals surface area (Å²) in [5.41, 5.74) is 6.06. The molecule has 1 unspecified atom stereocenters. The molecule has 0 aliphatic carbocycles. The zero-order valence-electron chi connectivity index (χ0n) is 8.16. The van der Waals surface area contributed by atoms with Gasteiger partial charge in [-0.2, -0.15) is 0 Å². The molecule has 1 aromatic carbocycles. The predicted molar refractivity (Wildman–Crippen MR) is 54.7 cm³/mol. The first-order valence-electron chi connectivity index (χ1n) is 4.44. The highest BCUT2D eigenvalue weighted by Gasteiger charge is 2.07. The smallest absolute Gasteiger partial charge is 0.131 e. The number of hydrogen-bond acceptors (Lipinski definition) is 2. The lowest BCUT2D eigenvalue weighted by molar-refractivity contribution is 0.360. The standard InChI is InChI=1S/C11H14FNO/c1-3-6-14-9-4-5-10(8(2)13)11(12)7-9/h3-5,7-8H,1,6,13H2,2H3. The summed E-state index contributed by atoms with van der Waals surface area (Å²) in [5, 5.41) is 0. The number of rotatable bonds is 4. The van der Waals surface area contributed by atoms with Gasteiger partial charge in [0.05, 0.1) is 0 Å². The van der Waals surface area contributed by atoms with Crippen LogP contribution >= 0.6 is 0 Å². The van der Waals surface area contributed by atoms with Gasteiger partial charge in [-0.15, -0.1) is 0 Å². The zero-order valence-corrected chi connectivity index (χ0v) is 8.16. The van der Waals surface area contributed by atoms with Crippen molar-refractivity contribution in [3.8, 4) is 5.75 Å². The van der Waals surface area contributed by atoms with E-state index in [1.165, 1.54) is 6.07 Å². The minimum atomic E-state index is -0.332. The van der Waals surface area contributed by atoms with E-state index < -0.39 is 0 Å². The predicted octanol–water partition coefficient (Wildman–Crippen LogP) is 2.41. The Kier molecular flexibility index (Phi) is 3.65. The van der Waals surface area contributed by atoms with E-state index in [1.807, 2.05) is 0 Å². The van der Waals surface area contributed by atoms with Gasteiger partial charge in [0.2, 0.25) is 0 Å². The Morgan fingerprint density at radius 1 is 1.64 bits per heavy atom. The van der Waals surface area contributed by atoms with Crippen LogP contribution < -0.4 is 10.5 Å². The SMILES string of the molecule is C=CCOc1ccc(C(C)N)c(F)c1. The summed E-state index contributed by atoms with van der Waals surface area (Å²) in [6, 6.07) is 4.37. The summed E-state index contributed by atoms with van der Waals surface area (Å²) < 4.78 is 18.5. The Morgan fingerprint density at radius 2 is 2.36 bits per heavy atom. The fraction of sp³-hybridized carbons (Fsp3) is 0.273. The van der Waals surface area contributed by atoms with Gasteiger partial charge in [-0.1, -0.05) is 18.7 Å². The Balaban J connectivity index is 2.83. The molecule has 0 bridgehead atoms. The molecule has 0 amide bonds. The lowest BCUT2D eigenvalue weighted by Gasteiger charge is -2.09. The Labute approximate surface area is 83.2 Å². The summed E-state index contributed by atoms with van der Waals surface area (Å²) in [4.78, 5) is 0. The minimum Gasteiger partial charge on any atom is -0.489 e. The quantitative estimate of drug-likeness (QED) is 0.749. The van der Waals surface area contributed by atoms with Crippen molar-refractivity contribution in [3.05, 3.63) is 42.2 Å². The summed E-state index contributed by atoms with van der Waals surface area (Å²) >= 11 is 0. The lowest BCUT2D eigenvalue weighted by Crippen LogP contribution is -2.07. The maximum atomic E-state index is 13.3. The summed E-state index contributed by atoms with van der Waals surface area (Å²) in [6.07, 6.45) is 1.61. The van der Waals surface area contributed by atoms with Crippen molar-refractivity contribution in [2.45, 2.75) is 13.0 Å². The van der Waals surface area contributed by atoms with E-state index >= 15 is 0 Å². The average Bonchev–Trinajstić information content (AvgIpc) is 2.14. The van der Waals surface area contributed by atoms with E-state index in [0.717, 1.165) is 0 Å². The van der Waals surface area contributed by atoms with Gasteiger partial charge in [-0.25, -0.2) is 4.39 Å². The van der Waals surface area contributed by atoms with E-state index in [0.29, 0.717) is 17.9 Å². The Bertz CT molecular complexity index is 323. The Morgan fingerprint density at radius 3 is 2.86 bits per heavy atom. The van der Waals surface area contributed by atoms with Crippen molar-refractivity contribution in [2.75, 3.05) is 6.61 Å². The second-order valence-corrected chi connectivity index (χ2v) is 3.07. The molecule has 0 fully saturated rings. The highest BCUT2D eigenvalue weighted by Crippen LogP contribution is 2.20. The topological polar surface area (TPSA) is 35.2 Å². The third-order valence-corrected chi connectivity index (χ3v) is 1.83. The molecule has 2 N–H and O–H groups in total. The highest BCUT2D eigenvalue weighted by molar-refractivity contribution is 5.30. The lowest BCUT2D eigenvalue weighted by atomic mass is 10.1. The van der Waals surface area contributed by atoms with Crippen LogP contribution in [0, 0.1) is 5.82 Å². The van der Waals surface area contributed by atoms with Gasteiger partial charge in [0.1, 0.15) is 18.2 Å². The Hall–Kier alpha value is -1.35. The normalized spacial score (nSPS) is 12.2. The van der Waals surface area contributed by atoms with Crippen molar-refractivity contribution in [3.63, 3.8) is 0 Å². The molecule has 1 atom stereocenters. The molecular weight excluding hydrogens is 181 g/mol. The fourth-order valence-corrected chi connectivity index (χ4v) is 1.12. The molecule has 76 valence electrons. The van der Waals surface area contributed by atoms with Crippen molar-refractivity contribution in [1.82, 2.24) is 0 Å². The minimum absolute atomic E-state index is 0.302. The second-order valence-electron chi connectivity index (χ2n) is 3.07. The van der Waals surface area contributed by atoms with Gasteiger partial charge in [-0.05, 0) is 13.0 Å². The van der Waals surface area contributed by atoms with E-state index in [2.05, 4.69) is 6.58 Å². The molecule has 3 heteroatoms. The molecule has 0 radical (unpaired) electrons. The third kappa shape index (κ3) is 2.57. The van der Waals surface area contributed by atoms with E-state index in [4.69, 9.17) is 10.5 Å². The van der Waals surface area contributed by atoms with Crippen molar-refractivity contribution < 1.29 is 9.13 Å². The van der Waals surface area contributed by atoms with Crippen LogP contribution in [0.1, 0.15) is 18.5 Å². The second kappa shape index (κ2) is 4.77. The monoisotopic (exact) mass is 195 g/mol. The van der Waals surface area contributed by atoms with Gasteiger partial charge in [-0.3, -0.25) is 0 Å². The molecule has 1 aromatic rings. The molecule has 0 heterocycles. The number of benzene rings is 1. The fourth-order valence-electron chi connectivity index (χ4n) is 1.12. The van der Waals surface area contributed by atoms with Crippen LogP contribution in [0.3, 0.4) is 0 Å². The van der Waals surface area contributed by atoms with Gasteiger partial charge < -0.3 is 10.5 Å². The molecule has 0 aliphatic rings. The maximum absolute atomic E-state index is 13.3. The maximum Gasteiger partial charge on any atom is 0.131 e. The average molecular weight is 195 g/mol.